The first-order chi connectivity index (χ1) is 35.4. The van der Waals surface area contributed by atoms with Crippen molar-refractivity contribution in [3.8, 4) is 5.75 Å². The van der Waals surface area contributed by atoms with E-state index in [1.165, 1.54) is 18.6 Å². The molecule has 0 saturated carbocycles. The lowest BCUT2D eigenvalue weighted by Crippen LogP contribution is -2.64. The van der Waals surface area contributed by atoms with Crippen LogP contribution in [-0.2, 0) is 44.8 Å². The molecule has 0 spiro atoms. The Labute approximate surface area is 436 Å². The van der Waals surface area contributed by atoms with E-state index >= 15 is 0 Å². The average molecular weight is 1060 g/mol. The molecular formula is C51H80N8O16. The lowest BCUT2D eigenvalue weighted by atomic mass is 9.91. The summed E-state index contributed by atoms with van der Waals surface area (Å²) in [6.07, 6.45) is -4.01. The van der Waals surface area contributed by atoms with Crippen molar-refractivity contribution in [1.82, 2.24) is 36.4 Å². The molecule has 24 nitrogen and oxygen atoms in total. The van der Waals surface area contributed by atoms with E-state index in [9.17, 15) is 78.9 Å². The van der Waals surface area contributed by atoms with Crippen LogP contribution in [0.4, 0.5) is 0 Å². The van der Waals surface area contributed by atoms with Crippen LogP contribution >= 0.6 is 0 Å². The molecule has 24 heteroatoms. The number of nitrogens with two attached hydrogens (primary N) is 1. The maximum atomic E-state index is 14.4. The van der Waals surface area contributed by atoms with Crippen molar-refractivity contribution in [3.05, 3.63) is 29.3 Å². The quantitative estimate of drug-likeness (QED) is 0.0453. The Balaban J connectivity index is 1.67. The van der Waals surface area contributed by atoms with Gasteiger partial charge >= 0.3 is 0 Å². The fraction of sp³-hybridized carbons (Fsp3) is 0.706. The van der Waals surface area contributed by atoms with E-state index in [1.54, 1.807) is 0 Å². The zero-order valence-electron chi connectivity index (χ0n) is 43.4. The van der Waals surface area contributed by atoms with Gasteiger partial charge in [0.1, 0.15) is 42.0 Å². The number of carbonyl (C=O) groups is 9. The number of aliphatic hydroxyl groups excluding tert-OH is 6. The van der Waals surface area contributed by atoms with Gasteiger partial charge in [0.05, 0.1) is 48.6 Å². The lowest BCUT2D eigenvalue weighted by Gasteiger charge is -2.33. The van der Waals surface area contributed by atoms with E-state index in [1.807, 2.05) is 0 Å². The highest BCUT2D eigenvalue weighted by atomic mass is 16.3. The fourth-order valence-electron chi connectivity index (χ4n) is 9.94. The molecule has 4 rings (SSSR count). The Morgan fingerprint density at radius 2 is 1.43 bits per heavy atom. The number of fused-ring (bicyclic) bond motifs is 2. The molecule has 3 fully saturated rings. The van der Waals surface area contributed by atoms with E-state index in [2.05, 4.69) is 47.4 Å². The van der Waals surface area contributed by atoms with Gasteiger partial charge in [0.2, 0.25) is 47.3 Å². The third-order valence-corrected chi connectivity index (χ3v) is 14.3. The molecule has 420 valence electrons. The summed E-state index contributed by atoms with van der Waals surface area (Å²) in [5, 5.41) is 89.0. The molecule has 3 aliphatic heterocycles. The summed E-state index contributed by atoms with van der Waals surface area (Å²) in [5.41, 5.74) is 5.30. The number of phenolic OH excluding ortho intramolecular Hbond substituents is 1. The summed E-state index contributed by atoms with van der Waals surface area (Å²) in [6.45, 7) is 6.37. The highest BCUT2D eigenvalue weighted by molar-refractivity contribution is 5.98. The third-order valence-electron chi connectivity index (χ3n) is 14.3. The predicted molar refractivity (Wildman–Crippen MR) is 268 cm³/mol. The van der Waals surface area contributed by atoms with Gasteiger partial charge in [-0.25, -0.2) is 0 Å². The summed E-state index contributed by atoms with van der Waals surface area (Å²) in [7, 11) is 0. The van der Waals surface area contributed by atoms with Crippen LogP contribution in [0.1, 0.15) is 134 Å². The van der Waals surface area contributed by atoms with E-state index in [0.717, 1.165) is 67.7 Å². The van der Waals surface area contributed by atoms with Gasteiger partial charge in [-0.15, -0.1) is 0 Å². The van der Waals surface area contributed by atoms with Crippen LogP contribution in [0.5, 0.6) is 5.75 Å². The van der Waals surface area contributed by atoms with Gasteiger partial charge in [-0.3, -0.25) is 43.2 Å². The number of rotatable bonds is 21. The first-order valence-electron chi connectivity index (χ1n) is 26.2. The van der Waals surface area contributed by atoms with Crippen LogP contribution in [-0.4, -0.2) is 192 Å². The number of aldehydes is 1. The maximum absolute atomic E-state index is 14.4. The number of nitrogens with zero attached hydrogens (tertiary/aromatic N) is 2. The van der Waals surface area contributed by atoms with E-state index in [-0.39, 0.29) is 30.5 Å². The van der Waals surface area contributed by atoms with Crippen molar-refractivity contribution in [2.75, 3.05) is 19.6 Å². The Morgan fingerprint density at radius 1 is 0.787 bits per heavy atom. The Bertz CT molecular complexity index is 2150. The number of primary amides is 1. The van der Waals surface area contributed by atoms with Crippen molar-refractivity contribution in [3.63, 3.8) is 0 Å². The fourth-order valence-corrected chi connectivity index (χ4v) is 9.94. The molecule has 0 aromatic heterocycles. The molecule has 14 N–H and O–H groups in total. The maximum Gasteiger partial charge on any atom is 0.248 e. The minimum atomic E-state index is -2.15. The Kier molecular flexibility index (Phi) is 24.3. The molecule has 0 aliphatic carbocycles. The number of β-amino-alcohol motifs (C(OH)–C–C–N with tert-alkyl or cyclic N) is 1. The number of phenols is 1. The van der Waals surface area contributed by atoms with Gasteiger partial charge in [-0.2, -0.15) is 0 Å². The molecule has 1 aromatic carbocycles. The van der Waals surface area contributed by atoms with Crippen LogP contribution < -0.4 is 32.3 Å². The first-order valence-corrected chi connectivity index (χ1v) is 26.2. The van der Waals surface area contributed by atoms with Gasteiger partial charge in [-0.05, 0) is 55.7 Å². The number of hydrogen-bond donors (Lipinski definition) is 13. The van der Waals surface area contributed by atoms with Crippen molar-refractivity contribution >= 4 is 53.5 Å². The van der Waals surface area contributed by atoms with Crippen molar-refractivity contribution in [1.29, 1.82) is 0 Å². The summed E-state index contributed by atoms with van der Waals surface area (Å²) in [5.74, 6) is -7.78. The Morgan fingerprint density at radius 3 is 2.08 bits per heavy atom. The molecule has 3 saturated heterocycles. The number of aliphatic hydroxyl groups is 6. The van der Waals surface area contributed by atoms with Crippen LogP contribution in [0, 0.1) is 11.8 Å². The highest BCUT2D eigenvalue weighted by Crippen LogP contribution is 2.25. The molecule has 3 heterocycles. The molecule has 3 aliphatic rings. The summed E-state index contributed by atoms with van der Waals surface area (Å²) in [6, 6.07) is -7.49. The number of aromatic hydroxyl groups is 1. The van der Waals surface area contributed by atoms with Gasteiger partial charge in [0, 0.05) is 45.3 Å². The molecular weight excluding hydrogens is 981 g/mol. The number of amides is 8. The standard InChI is InChI=1S/C51H80N8O16/c1-5-27(2)18-28(3)12-10-8-6-7-9-11-13-41(69)54-34-21-32(62)24-53-49(73)45-37(65)16-17-58(45)51(75)44(39(67)23-40(52)68)57-48(72)43(38(66)20-30-14-15-36(64)31(19-30)26-60)56-47(71)35-22-33(63)25-59(35)50(74)42(29(4)61)55-46(34)70/h14-15,19,26-29,32-35,37-39,42-45,61-67H,5-13,16-18,20-25H2,1-4H3,(H2,52,68)(H,53,73)(H,54,69)(H,55,70)(H,56,71)(H,57,72)/t27?,28?,29-,32+,33+,34?,35-,37-,38+,39-,42-,43-,44-,45-/m0/s1. The van der Waals surface area contributed by atoms with Crippen LogP contribution in [0.3, 0.4) is 0 Å². The number of nitrogens with one attached hydrogen (secondary N) is 5. The largest absolute Gasteiger partial charge is 0.507 e. The SMILES string of the molecule is CCC(C)CC(C)CCCCCCCCC(=O)NC1C[C@@H](O)CNC(=O)[C@@H]2[C@@H](O)CCN2C(=O)[C@H]([C@@H](O)CC(N)=O)NC(=O)[C@H]([C@H](O)Cc2ccc(O)c(C=O)c2)NC(=O)[C@@H]2C[C@@H](O)CN2C(=O)[C@H]([C@H](C)O)NC1=O. The highest BCUT2D eigenvalue weighted by Gasteiger charge is 2.48. The van der Waals surface area contributed by atoms with Gasteiger partial charge in [0.25, 0.3) is 0 Å². The van der Waals surface area contributed by atoms with E-state index in [4.69, 9.17) is 5.73 Å². The van der Waals surface area contributed by atoms with Crippen LogP contribution in [0.25, 0.3) is 0 Å². The van der Waals surface area contributed by atoms with Gasteiger partial charge in [-0.1, -0.05) is 71.8 Å². The molecule has 3 unspecified atom stereocenters. The smallest absolute Gasteiger partial charge is 0.248 e. The van der Waals surface area contributed by atoms with E-state index < -0.39 is 165 Å². The summed E-state index contributed by atoms with van der Waals surface area (Å²) >= 11 is 0. The minimum absolute atomic E-state index is 0.00982. The molecule has 0 radical (unpaired) electrons. The second kappa shape index (κ2) is 29.5. The van der Waals surface area contributed by atoms with Crippen LogP contribution in [0.15, 0.2) is 18.2 Å². The summed E-state index contributed by atoms with van der Waals surface area (Å²) in [4.78, 5) is 124. The second-order valence-corrected chi connectivity index (χ2v) is 20.7. The van der Waals surface area contributed by atoms with Gasteiger partial charge < -0.3 is 77.9 Å². The third kappa shape index (κ3) is 18.2. The van der Waals surface area contributed by atoms with Crippen molar-refractivity contribution in [2.24, 2.45) is 17.6 Å². The van der Waals surface area contributed by atoms with Gasteiger partial charge in [0.15, 0.2) is 6.29 Å². The number of hydrogen-bond acceptors (Lipinski definition) is 16. The zero-order chi connectivity index (χ0) is 55.7. The Hall–Kier alpha value is -5.79. The monoisotopic (exact) mass is 1060 g/mol. The predicted octanol–water partition coefficient (Wildman–Crippen LogP) is -2.34. The molecule has 0 bridgehead atoms. The van der Waals surface area contributed by atoms with Crippen LogP contribution in [0.2, 0.25) is 0 Å². The number of carbonyl (C=O) groups excluding carboxylic acids is 9. The molecule has 1 aromatic rings. The van der Waals surface area contributed by atoms with Crippen molar-refractivity contribution in [2.45, 2.75) is 197 Å². The van der Waals surface area contributed by atoms with E-state index in [0.29, 0.717) is 24.5 Å². The number of unbranched alkanes of at least 4 members (excludes halogenated alkanes) is 5. The lowest BCUT2D eigenvalue weighted by molar-refractivity contribution is -0.147. The zero-order valence-corrected chi connectivity index (χ0v) is 43.4. The number of benzene rings is 1. The molecule has 75 heavy (non-hydrogen) atoms. The first kappa shape index (κ1) is 61.8. The van der Waals surface area contributed by atoms with Crippen molar-refractivity contribution < 1.29 is 78.9 Å². The molecule has 14 atom stereocenters. The topological polar surface area (TPSA) is 388 Å². The molecule has 8 amide bonds. The average Bonchev–Trinajstić information content (AvgIpc) is 3.95. The normalized spacial score (nSPS) is 27.5. The minimum Gasteiger partial charge on any atom is -0.507 e. The second-order valence-electron chi connectivity index (χ2n) is 20.7. The summed E-state index contributed by atoms with van der Waals surface area (Å²) < 4.78 is 0.